The van der Waals surface area contributed by atoms with Gasteiger partial charge >= 0.3 is 0 Å². The maximum atomic E-state index is 12.2. The van der Waals surface area contributed by atoms with Crippen LogP contribution in [0.25, 0.3) is 0 Å². The Morgan fingerprint density at radius 3 is 2.35 bits per heavy atom. The van der Waals surface area contributed by atoms with Gasteiger partial charge in [-0.1, -0.05) is 11.6 Å². The molecule has 0 radical (unpaired) electrons. The molecule has 1 aromatic carbocycles. The lowest BCUT2D eigenvalue weighted by atomic mass is 10.3. The second-order valence-electron chi connectivity index (χ2n) is 4.33. The smallest absolute Gasteiger partial charge is 0.289 e. The molecule has 0 saturated carbocycles. The fourth-order valence-corrected chi connectivity index (χ4v) is 3.56. The summed E-state index contributed by atoms with van der Waals surface area (Å²) in [5, 5.41) is 29.3. The molecule has 1 saturated heterocycles. The summed E-state index contributed by atoms with van der Waals surface area (Å²) >= 11 is 5.62. The quantitative estimate of drug-likeness (QED) is 0.595. The van der Waals surface area contributed by atoms with Gasteiger partial charge in [0.1, 0.15) is 5.02 Å². The molecule has 20 heavy (non-hydrogen) atoms. The van der Waals surface area contributed by atoms with E-state index in [4.69, 9.17) is 11.6 Å². The number of nitro groups is 1. The first-order chi connectivity index (χ1) is 9.23. The highest BCUT2D eigenvalue weighted by Gasteiger charge is 2.38. The second-order valence-corrected chi connectivity index (χ2v) is 6.67. The van der Waals surface area contributed by atoms with Crippen LogP contribution in [-0.4, -0.2) is 53.2 Å². The largest absolute Gasteiger partial charge is 0.389 e. The first kappa shape index (κ1) is 15.1. The Labute approximate surface area is 119 Å². The SMILES string of the molecule is O=[N+]([O-])c1cc(S(=O)(=O)N2CC(O)C(O)C2)ccc1Cl. The number of hydrogen-bond donors (Lipinski definition) is 2. The molecular formula is C10H11ClN2O6S. The lowest BCUT2D eigenvalue weighted by Gasteiger charge is -2.15. The molecule has 1 aliphatic rings. The number of nitro benzene ring substituents is 1. The maximum Gasteiger partial charge on any atom is 0.289 e. The van der Waals surface area contributed by atoms with Gasteiger partial charge in [-0.3, -0.25) is 10.1 Å². The predicted molar refractivity (Wildman–Crippen MR) is 68.9 cm³/mol. The van der Waals surface area contributed by atoms with Crippen molar-refractivity contribution in [2.45, 2.75) is 17.1 Å². The van der Waals surface area contributed by atoms with Crippen LogP contribution in [0.4, 0.5) is 5.69 Å². The average molecular weight is 323 g/mol. The molecule has 8 nitrogen and oxygen atoms in total. The number of nitrogens with zero attached hydrogens (tertiary/aromatic N) is 2. The van der Waals surface area contributed by atoms with Crippen molar-refractivity contribution in [1.82, 2.24) is 4.31 Å². The number of β-amino-alcohol motifs (C(OH)–C–C–N with tert-alkyl or cyclic N) is 2. The monoisotopic (exact) mass is 322 g/mol. The zero-order valence-electron chi connectivity index (χ0n) is 10.0. The Kier molecular flexibility index (Phi) is 3.98. The van der Waals surface area contributed by atoms with Crippen LogP contribution in [0.3, 0.4) is 0 Å². The molecule has 0 aliphatic carbocycles. The normalized spacial score (nSPS) is 23.9. The van der Waals surface area contributed by atoms with E-state index in [1.165, 1.54) is 0 Å². The lowest BCUT2D eigenvalue weighted by molar-refractivity contribution is -0.384. The Balaban J connectivity index is 2.40. The van der Waals surface area contributed by atoms with Crippen molar-refractivity contribution in [2.24, 2.45) is 0 Å². The van der Waals surface area contributed by atoms with Crippen LogP contribution in [0.1, 0.15) is 0 Å². The van der Waals surface area contributed by atoms with Gasteiger partial charge in [0.2, 0.25) is 10.0 Å². The van der Waals surface area contributed by atoms with Crippen LogP contribution >= 0.6 is 11.6 Å². The highest BCUT2D eigenvalue weighted by molar-refractivity contribution is 7.89. The molecule has 0 aromatic heterocycles. The molecule has 1 fully saturated rings. The van der Waals surface area contributed by atoms with Gasteiger partial charge in [-0.2, -0.15) is 4.31 Å². The average Bonchev–Trinajstić information content (AvgIpc) is 2.70. The molecular weight excluding hydrogens is 312 g/mol. The van der Waals surface area contributed by atoms with Crippen LogP contribution in [0.15, 0.2) is 23.1 Å². The summed E-state index contributed by atoms with van der Waals surface area (Å²) in [6, 6.07) is 3.12. The van der Waals surface area contributed by atoms with Gasteiger partial charge in [0, 0.05) is 19.2 Å². The minimum Gasteiger partial charge on any atom is -0.389 e. The first-order valence-electron chi connectivity index (χ1n) is 5.53. The second kappa shape index (κ2) is 5.26. The van der Waals surface area contributed by atoms with Crippen molar-refractivity contribution in [3.8, 4) is 0 Å². The van der Waals surface area contributed by atoms with Crippen molar-refractivity contribution in [3.63, 3.8) is 0 Å². The highest BCUT2D eigenvalue weighted by Crippen LogP contribution is 2.29. The number of aliphatic hydroxyl groups excluding tert-OH is 2. The minimum absolute atomic E-state index is 0.171. The van der Waals surface area contributed by atoms with Gasteiger partial charge in [0.05, 0.1) is 22.0 Å². The molecule has 110 valence electrons. The number of aliphatic hydroxyl groups is 2. The molecule has 2 atom stereocenters. The number of sulfonamides is 1. The molecule has 2 N–H and O–H groups in total. The summed E-state index contributed by atoms with van der Waals surface area (Å²) in [5.74, 6) is 0. The van der Waals surface area contributed by atoms with E-state index in [1.54, 1.807) is 0 Å². The van der Waals surface area contributed by atoms with Crippen molar-refractivity contribution in [3.05, 3.63) is 33.3 Å². The van der Waals surface area contributed by atoms with Gasteiger partial charge in [0.25, 0.3) is 5.69 Å². The van der Waals surface area contributed by atoms with Crippen LogP contribution in [0.5, 0.6) is 0 Å². The topological polar surface area (TPSA) is 121 Å². The molecule has 2 rings (SSSR count). The van der Waals surface area contributed by atoms with E-state index in [0.29, 0.717) is 0 Å². The summed E-state index contributed by atoms with van der Waals surface area (Å²) in [4.78, 5) is 9.67. The van der Waals surface area contributed by atoms with Gasteiger partial charge in [0.15, 0.2) is 0 Å². The van der Waals surface area contributed by atoms with Gasteiger partial charge < -0.3 is 10.2 Å². The predicted octanol–water partition coefficient (Wildman–Crippen LogP) is -0.0257. The minimum atomic E-state index is -4.03. The molecule has 0 amide bonds. The number of rotatable bonds is 3. The van der Waals surface area contributed by atoms with E-state index in [1.807, 2.05) is 0 Å². The molecule has 1 aliphatic heterocycles. The van der Waals surface area contributed by atoms with Crippen molar-refractivity contribution in [1.29, 1.82) is 0 Å². The van der Waals surface area contributed by atoms with E-state index in [0.717, 1.165) is 22.5 Å². The van der Waals surface area contributed by atoms with Gasteiger partial charge in [-0.15, -0.1) is 0 Å². The van der Waals surface area contributed by atoms with Crippen LogP contribution in [0.2, 0.25) is 5.02 Å². The third-order valence-corrected chi connectivity index (χ3v) is 5.12. The molecule has 0 bridgehead atoms. The van der Waals surface area contributed by atoms with Crippen LogP contribution in [-0.2, 0) is 10.0 Å². The fraction of sp³-hybridized carbons (Fsp3) is 0.400. The van der Waals surface area contributed by atoms with Gasteiger partial charge in [-0.05, 0) is 12.1 Å². The third kappa shape index (κ3) is 2.63. The molecule has 10 heteroatoms. The Bertz CT molecular complexity index is 639. The fourth-order valence-electron chi connectivity index (χ4n) is 1.87. The first-order valence-corrected chi connectivity index (χ1v) is 7.35. The molecule has 2 unspecified atom stereocenters. The van der Waals surface area contributed by atoms with E-state index >= 15 is 0 Å². The summed E-state index contributed by atoms with van der Waals surface area (Å²) < 4.78 is 25.4. The van der Waals surface area contributed by atoms with E-state index < -0.39 is 32.8 Å². The summed E-state index contributed by atoms with van der Waals surface area (Å²) in [6.45, 7) is -0.528. The molecule has 1 heterocycles. The van der Waals surface area contributed by atoms with Crippen LogP contribution < -0.4 is 0 Å². The number of hydrogen-bond acceptors (Lipinski definition) is 6. The molecule has 1 aromatic rings. The summed E-state index contributed by atoms with van der Waals surface area (Å²) in [5.41, 5.74) is -0.520. The Hall–Kier alpha value is -1.26. The standard InChI is InChI=1S/C10H11ClN2O6S/c11-7-2-1-6(3-8(7)13(16)17)20(18,19)12-4-9(14)10(15)5-12/h1-3,9-10,14-15H,4-5H2. The summed E-state index contributed by atoms with van der Waals surface area (Å²) in [6.07, 6.45) is -2.35. The molecule has 0 spiro atoms. The van der Waals surface area contributed by atoms with Gasteiger partial charge in [-0.25, -0.2) is 8.42 Å². The van der Waals surface area contributed by atoms with E-state index in [2.05, 4.69) is 0 Å². The van der Waals surface area contributed by atoms with E-state index in [9.17, 15) is 28.7 Å². The Morgan fingerprint density at radius 2 is 1.85 bits per heavy atom. The summed E-state index contributed by atoms with van der Waals surface area (Å²) in [7, 11) is -4.03. The van der Waals surface area contributed by atoms with Crippen molar-refractivity contribution < 1.29 is 23.6 Å². The number of benzene rings is 1. The maximum absolute atomic E-state index is 12.2. The lowest BCUT2D eigenvalue weighted by Crippen LogP contribution is -2.30. The van der Waals surface area contributed by atoms with Crippen LogP contribution in [0, 0.1) is 10.1 Å². The van der Waals surface area contributed by atoms with Crippen molar-refractivity contribution >= 4 is 27.3 Å². The van der Waals surface area contributed by atoms with Crippen molar-refractivity contribution in [2.75, 3.05) is 13.1 Å². The number of halogens is 1. The Morgan fingerprint density at radius 1 is 1.30 bits per heavy atom. The zero-order chi connectivity index (χ0) is 15.1. The highest BCUT2D eigenvalue weighted by atomic mass is 35.5. The third-order valence-electron chi connectivity index (χ3n) is 2.98. The van der Waals surface area contributed by atoms with E-state index in [-0.39, 0.29) is 23.0 Å². The zero-order valence-corrected chi connectivity index (χ0v) is 11.6.